The molecule has 1 N–H and O–H groups in total. The van der Waals surface area contributed by atoms with Crippen molar-refractivity contribution in [2.75, 3.05) is 26.9 Å². The molecule has 0 unspecified atom stereocenters. The Hall–Kier alpha value is -2.12. The second kappa shape index (κ2) is 9.89. The van der Waals surface area contributed by atoms with Crippen LogP contribution in [0.5, 0.6) is 11.5 Å². The van der Waals surface area contributed by atoms with Gasteiger partial charge in [-0.1, -0.05) is 6.07 Å². The van der Waals surface area contributed by atoms with Crippen LogP contribution in [0.1, 0.15) is 44.6 Å². The van der Waals surface area contributed by atoms with E-state index in [1.54, 1.807) is 18.1 Å². The number of benzene rings is 1. The lowest BCUT2D eigenvalue weighted by Crippen LogP contribution is -2.32. The molecule has 1 heterocycles. The molecule has 6 nitrogen and oxygen atoms in total. The Bertz CT molecular complexity index is 744. The van der Waals surface area contributed by atoms with Crippen molar-refractivity contribution < 1.29 is 19.0 Å². The first-order chi connectivity index (χ1) is 13.6. The van der Waals surface area contributed by atoms with Gasteiger partial charge >= 0.3 is 0 Å². The van der Waals surface area contributed by atoms with Gasteiger partial charge in [-0.15, -0.1) is 0 Å². The Morgan fingerprint density at radius 1 is 1.29 bits per heavy atom. The van der Waals surface area contributed by atoms with Gasteiger partial charge in [0.25, 0.3) is 5.91 Å². The summed E-state index contributed by atoms with van der Waals surface area (Å²) in [6, 6.07) is 5.77. The monoisotopic (exact) mass is 404 g/mol. The first-order valence-corrected chi connectivity index (χ1v) is 10.3. The zero-order chi connectivity index (χ0) is 19.9. The molecular weight excluding hydrogens is 376 g/mol. The van der Waals surface area contributed by atoms with Crippen LogP contribution in [0.2, 0.25) is 0 Å². The summed E-state index contributed by atoms with van der Waals surface area (Å²) < 4.78 is 16.9. The van der Waals surface area contributed by atoms with Gasteiger partial charge in [0, 0.05) is 20.3 Å². The van der Waals surface area contributed by atoms with E-state index in [1.807, 2.05) is 25.1 Å². The molecule has 1 amide bonds. The van der Waals surface area contributed by atoms with Crippen LogP contribution >= 0.6 is 12.2 Å². The lowest BCUT2D eigenvalue weighted by Gasteiger charge is -2.17. The molecule has 152 valence electrons. The SMILES string of the molecule is CCOc1cc(/C=C2/NC(=S)N(CCCOC)C2=O)ccc1OC1CCCC1. The molecule has 1 saturated carbocycles. The minimum Gasteiger partial charge on any atom is -0.490 e. The number of carbonyl (C=O) groups excluding carboxylic acids is 1. The number of thiocarbonyl (C=S) groups is 1. The molecule has 1 aromatic rings. The van der Waals surface area contributed by atoms with E-state index in [2.05, 4.69) is 5.32 Å². The van der Waals surface area contributed by atoms with Crippen LogP contribution in [0.15, 0.2) is 23.9 Å². The molecule has 1 aliphatic heterocycles. The minimum absolute atomic E-state index is 0.120. The zero-order valence-electron chi connectivity index (χ0n) is 16.5. The zero-order valence-corrected chi connectivity index (χ0v) is 17.3. The molecule has 0 aromatic heterocycles. The summed E-state index contributed by atoms with van der Waals surface area (Å²) in [5.41, 5.74) is 1.33. The Kier molecular flexibility index (Phi) is 7.28. The van der Waals surface area contributed by atoms with Crippen LogP contribution in [0.25, 0.3) is 6.08 Å². The number of ether oxygens (including phenoxy) is 3. The van der Waals surface area contributed by atoms with Crippen molar-refractivity contribution in [3.05, 3.63) is 29.5 Å². The van der Waals surface area contributed by atoms with E-state index >= 15 is 0 Å². The molecule has 3 rings (SSSR count). The maximum Gasteiger partial charge on any atom is 0.276 e. The van der Waals surface area contributed by atoms with Crippen LogP contribution in [-0.2, 0) is 9.53 Å². The maximum atomic E-state index is 12.6. The number of carbonyl (C=O) groups is 1. The summed E-state index contributed by atoms with van der Waals surface area (Å²) in [6.45, 7) is 3.62. The fourth-order valence-corrected chi connectivity index (χ4v) is 3.76. The van der Waals surface area contributed by atoms with Gasteiger partial charge in [0.05, 0.1) is 12.7 Å². The molecule has 7 heteroatoms. The number of hydrogen-bond acceptors (Lipinski definition) is 5. The summed E-state index contributed by atoms with van der Waals surface area (Å²) >= 11 is 5.30. The smallest absolute Gasteiger partial charge is 0.276 e. The molecule has 1 aromatic carbocycles. The Morgan fingerprint density at radius 3 is 2.79 bits per heavy atom. The lowest BCUT2D eigenvalue weighted by atomic mass is 10.1. The normalized spacial score (nSPS) is 18.8. The molecule has 0 spiro atoms. The standard InChI is InChI=1S/C21H28N2O4S/c1-3-26-19-14-15(9-10-18(19)27-16-7-4-5-8-16)13-17-20(24)23(21(28)22-17)11-6-12-25-2/h9-10,13-14,16H,3-8,11-12H2,1-2H3,(H,22,28)/b17-13+. The maximum absolute atomic E-state index is 12.6. The highest BCUT2D eigenvalue weighted by molar-refractivity contribution is 7.80. The van der Waals surface area contributed by atoms with Gasteiger partial charge in [0.1, 0.15) is 5.70 Å². The highest BCUT2D eigenvalue weighted by Crippen LogP contribution is 2.33. The molecule has 0 bridgehead atoms. The third-order valence-corrected chi connectivity index (χ3v) is 5.19. The lowest BCUT2D eigenvalue weighted by molar-refractivity contribution is -0.122. The molecule has 28 heavy (non-hydrogen) atoms. The summed E-state index contributed by atoms with van der Waals surface area (Å²) in [4.78, 5) is 14.2. The molecule has 1 saturated heterocycles. The highest BCUT2D eigenvalue weighted by atomic mass is 32.1. The summed E-state index contributed by atoms with van der Waals surface area (Å²) in [5, 5.41) is 3.44. The largest absolute Gasteiger partial charge is 0.490 e. The van der Waals surface area contributed by atoms with E-state index in [9.17, 15) is 4.79 Å². The van der Waals surface area contributed by atoms with E-state index in [-0.39, 0.29) is 12.0 Å². The van der Waals surface area contributed by atoms with E-state index < -0.39 is 0 Å². The van der Waals surface area contributed by atoms with Crippen LogP contribution in [0, 0.1) is 0 Å². The van der Waals surface area contributed by atoms with E-state index in [4.69, 9.17) is 26.4 Å². The van der Waals surface area contributed by atoms with Crippen LogP contribution < -0.4 is 14.8 Å². The summed E-state index contributed by atoms with van der Waals surface area (Å²) in [5.74, 6) is 1.34. The second-order valence-electron chi connectivity index (χ2n) is 6.95. The van der Waals surface area contributed by atoms with Gasteiger partial charge in [-0.2, -0.15) is 0 Å². The summed E-state index contributed by atoms with van der Waals surface area (Å²) in [6.07, 6.45) is 7.41. The number of rotatable bonds is 9. The molecule has 0 atom stereocenters. The molecule has 1 aliphatic carbocycles. The van der Waals surface area contributed by atoms with Crippen molar-refractivity contribution in [1.29, 1.82) is 0 Å². The molecule has 2 aliphatic rings. The topological polar surface area (TPSA) is 60.0 Å². The molecular formula is C21H28N2O4S. The average molecular weight is 405 g/mol. The van der Waals surface area contributed by atoms with Gasteiger partial charge in [0.15, 0.2) is 16.6 Å². The van der Waals surface area contributed by atoms with Crippen molar-refractivity contribution >= 4 is 29.3 Å². The van der Waals surface area contributed by atoms with Gasteiger partial charge in [0.2, 0.25) is 0 Å². The fraction of sp³-hybridized carbons (Fsp3) is 0.524. The number of methoxy groups -OCH3 is 1. The number of nitrogens with one attached hydrogen (secondary N) is 1. The third kappa shape index (κ3) is 5.02. The van der Waals surface area contributed by atoms with Crippen LogP contribution in [0.3, 0.4) is 0 Å². The minimum atomic E-state index is -0.120. The van der Waals surface area contributed by atoms with Crippen molar-refractivity contribution in [3.63, 3.8) is 0 Å². The molecule has 0 radical (unpaired) electrons. The Labute approximate surface area is 171 Å². The quantitative estimate of drug-likeness (QED) is 0.386. The Balaban J connectivity index is 1.74. The Morgan fingerprint density at radius 2 is 2.07 bits per heavy atom. The number of amides is 1. The fourth-order valence-electron chi connectivity index (χ4n) is 3.47. The first kappa shape index (κ1) is 20.6. The van der Waals surface area contributed by atoms with Crippen LogP contribution in [0.4, 0.5) is 0 Å². The predicted octanol–water partition coefficient (Wildman–Crippen LogP) is 3.50. The number of nitrogens with zero attached hydrogens (tertiary/aromatic N) is 1. The summed E-state index contributed by atoms with van der Waals surface area (Å²) in [7, 11) is 1.64. The van der Waals surface area contributed by atoms with Crippen molar-refractivity contribution in [1.82, 2.24) is 10.2 Å². The average Bonchev–Trinajstić information content (AvgIpc) is 3.28. The first-order valence-electron chi connectivity index (χ1n) is 9.89. The van der Waals surface area contributed by atoms with Crippen molar-refractivity contribution in [2.45, 2.75) is 45.1 Å². The van der Waals surface area contributed by atoms with Gasteiger partial charge in [-0.25, -0.2) is 0 Å². The van der Waals surface area contributed by atoms with E-state index in [0.717, 1.165) is 30.6 Å². The van der Waals surface area contributed by atoms with Gasteiger partial charge in [-0.3, -0.25) is 9.69 Å². The number of hydrogen-bond donors (Lipinski definition) is 1. The third-order valence-electron chi connectivity index (χ3n) is 4.87. The molecule has 2 fully saturated rings. The van der Waals surface area contributed by atoms with Gasteiger partial charge < -0.3 is 19.5 Å². The van der Waals surface area contributed by atoms with E-state index in [1.165, 1.54) is 12.8 Å². The van der Waals surface area contributed by atoms with Crippen molar-refractivity contribution in [2.24, 2.45) is 0 Å². The van der Waals surface area contributed by atoms with Crippen molar-refractivity contribution in [3.8, 4) is 11.5 Å². The van der Waals surface area contributed by atoms with Gasteiger partial charge in [-0.05, 0) is 75.0 Å². The van der Waals surface area contributed by atoms with E-state index in [0.29, 0.717) is 36.3 Å². The second-order valence-corrected chi connectivity index (χ2v) is 7.34. The van der Waals surface area contributed by atoms with Crippen LogP contribution in [-0.4, -0.2) is 48.9 Å². The predicted molar refractivity (Wildman–Crippen MR) is 112 cm³/mol. The highest BCUT2D eigenvalue weighted by Gasteiger charge is 2.30.